The third kappa shape index (κ3) is 7.21. The number of hydrogen-bond donors (Lipinski definition) is 3. The third-order valence-corrected chi connectivity index (χ3v) is 5.54. The zero-order valence-electron chi connectivity index (χ0n) is 16.5. The van der Waals surface area contributed by atoms with Gasteiger partial charge in [-0.2, -0.15) is 0 Å². The molecule has 8 heteroatoms. The predicted molar refractivity (Wildman–Crippen MR) is 113 cm³/mol. The number of ether oxygens (including phenoxy) is 1. The number of benzene rings is 2. The highest BCUT2D eigenvalue weighted by Crippen LogP contribution is 2.11. The summed E-state index contributed by atoms with van der Waals surface area (Å²) in [5.74, 6) is 1.51. The highest BCUT2D eigenvalue weighted by atomic mass is 32.2. The predicted octanol–water partition coefficient (Wildman–Crippen LogP) is 1.65. The van der Waals surface area contributed by atoms with Crippen LogP contribution in [0.5, 0.6) is 5.75 Å². The molecule has 7 nitrogen and oxygen atoms in total. The molecule has 0 spiro atoms. The summed E-state index contributed by atoms with van der Waals surface area (Å²) in [7, 11) is 1.51. The average molecular weight is 405 g/mol. The fourth-order valence-corrected chi connectivity index (χ4v) is 3.41. The lowest BCUT2D eigenvalue weighted by Crippen LogP contribution is -2.37. The van der Waals surface area contributed by atoms with Crippen LogP contribution in [-0.2, 0) is 28.7 Å². The van der Waals surface area contributed by atoms with Crippen molar-refractivity contribution in [2.24, 2.45) is 4.99 Å². The fourth-order valence-electron chi connectivity index (χ4n) is 2.64. The molecule has 0 heterocycles. The van der Waals surface area contributed by atoms with E-state index >= 15 is 0 Å². The number of nitrogens with zero attached hydrogens (tertiary/aromatic N) is 1. The maximum Gasteiger partial charge on any atom is 0.215 e. The Morgan fingerprint density at radius 1 is 1.04 bits per heavy atom. The highest BCUT2D eigenvalue weighted by Gasteiger charge is 2.09. The zero-order valence-corrected chi connectivity index (χ0v) is 17.3. The Bertz CT molecular complexity index is 881. The molecule has 2 aromatic rings. The lowest BCUT2D eigenvalue weighted by molar-refractivity contribution is 0.414. The first-order valence-electron chi connectivity index (χ1n) is 9.02. The molecule has 0 saturated heterocycles. The third-order valence-electron chi connectivity index (χ3n) is 4.21. The summed E-state index contributed by atoms with van der Waals surface area (Å²) in [4.78, 5) is 4.23. The van der Waals surface area contributed by atoms with E-state index in [1.54, 1.807) is 20.2 Å². The zero-order chi connectivity index (χ0) is 20.4. The molecule has 0 aromatic heterocycles. The minimum absolute atomic E-state index is 0.0355. The van der Waals surface area contributed by atoms with Crippen molar-refractivity contribution >= 4 is 16.0 Å². The number of rotatable bonds is 9. The minimum atomic E-state index is -3.28. The number of methoxy groups -OCH3 is 1. The molecular formula is C20H28N4O3S. The number of sulfonamides is 1. The molecule has 0 aliphatic rings. The molecule has 28 heavy (non-hydrogen) atoms. The van der Waals surface area contributed by atoms with Gasteiger partial charge in [0.25, 0.3) is 0 Å². The van der Waals surface area contributed by atoms with Crippen LogP contribution in [0.1, 0.15) is 16.7 Å². The second-order valence-electron chi connectivity index (χ2n) is 6.23. The second-order valence-corrected chi connectivity index (χ2v) is 8.16. The van der Waals surface area contributed by atoms with Crippen molar-refractivity contribution in [3.63, 3.8) is 0 Å². The van der Waals surface area contributed by atoms with Crippen molar-refractivity contribution < 1.29 is 13.2 Å². The van der Waals surface area contributed by atoms with E-state index in [1.165, 1.54) is 12.6 Å². The molecular weight excluding hydrogens is 376 g/mol. The van der Waals surface area contributed by atoms with Crippen LogP contribution < -0.4 is 20.1 Å². The number of nitrogens with one attached hydrogen (secondary N) is 3. The number of guanidine groups is 1. The largest absolute Gasteiger partial charge is 0.497 e. The van der Waals surface area contributed by atoms with Gasteiger partial charge in [-0.25, -0.2) is 13.1 Å². The van der Waals surface area contributed by atoms with Gasteiger partial charge in [0, 0.05) is 20.1 Å². The van der Waals surface area contributed by atoms with E-state index in [9.17, 15) is 8.42 Å². The van der Waals surface area contributed by atoms with Crippen molar-refractivity contribution in [3.8, 4) is 5.75 Å². The molecule has 0 amide bonds. The van der Waals surface area contributed by atoms with Crippen LogP contribution in [-0.4, -0.2) is 42.1 Å². The van der Waals surface area contributed by atoms with Gasteiger partial charge in [0.15, 0.2) is 5.96 Å². The van der Waals surface area contributed by atoms with Crippen LogP contribution >= 0.6 is 0 Å². The Hall–Kier alpha value is -2.58. The molecule has 2 aromatic carbocycles. The van der Waals surface area contributed by atoms with Crippen LogP contribution in [0.2, 0.25) is 0 Å². The van der Waals surface area contributed by atoms with Crippen molar-refractivity contribution in [2.45, 2.75) is 18.7 Å². The fraction of sp³-hybridized carbons (Fsp3) is 0.350. The Balaban J connectivity index is 1.83. The smallest absolute Gasteiger partial charge is 0.215 e. The van der Waals surface area contributed by atoms with E-state index in [1.807, 2.05) is 42.5 Å². The van der Waals surface area contributed by atoms with Gasteiger partial charge in [-0.15, -0.1) is 0 Å². The first-order chi connectivity index (χ1) is 13.5. The highest BCUT2D eigenvalue weighted by molar-refractivity contribution is 7.88. The number of aliphatic imine (C=N–C) groups is 1. The van der Waals surface area contributed by atoms with Crippen molar-refractivity contribution in [2.75, 3.05) is 27.7 Å². The Morgan fingerprint density at radius 2 is 1.75 bits per heavy atom. The van der Waals surface area contributed by atoms with Crippen molar-refractivity contribution in [1.82, 2.24) is 15.4 Å². The maximum absolute atomic E-state index is 11.7. The van der Waals surface area contributed by atoms with E-state index in [0.717, 1.165) is 29.8 Å². The van der Waals surface area contributed by atoms with Gasteiger partial charge in [0.05, 0.1) is 12.9 Å². The van der Waals surface area contributed by atoms with E-state index in [2.05, 4.69) is 20.3 Å². The van der Waals surface area contributed by atoms with Crippen LogP contribution in [0.15, 0.2) is 53.5 Å². The van der Waals surface area contributed by atoms with Crippen LogP contribution in [0, 0.1) is 0 Å². The molecule has 0 unspecified atom stereocenters. The first kappa shape index (κ1) is 21.7. The summed E-state index contributed by atoms with van der Waals surface area (Å²) < 4.78 is 30.9. The van der Waals surface area contributed by atoms with Gasteiger partial charge in [-0.1, -0.05) is 36.4 Å². The van der Waals surface area contributed by atoms with Gasteiger partial charge in [0.2, 0.25) is 10.0 Å². The standard InChI is InChI=1S/C20H28N4O3S/c1-21-20(23-12-11-16-7-9-19(27-3)10-8-16)24-14-17-5-4-6-18(13-17)15-28(25,26)22-2/h4-10,13,22H,11-12,14-15H2,1-3H3,(H2,21,23,24). The summed E-state index contributed by atoms with van der Waals surface area (Å²) in [6.07, 6.45) is 0.863. The van der Waals surface area contributed by atoms with Gasteiger partial charge in [-0.05, 0) is 42.3 Å². The summed E-state index contributed by atoms with van der Waals surface area (Å²) in [5.41, 5.74) is 2.94. The average Bonchev–Trinajstić information content (AvgIpc) is 2.71. The molecule has 0 atom stereocenters. The van der Waals surface area contributed by atoms with E-state index in [0.29, 0.717) is 12.5 Å². The topological polar surface area (TPSA) is 91.8 Å². The van der Waals surface area contributed by atoms with Crippen LogP contribution in [0.3, 0.4) is 0 Å². The monoisotopic (exact) mass is 404 g/mol. The minimum Gasteiger partial charge on any atom is -0.497 e. The SMILES string of the molecule is CN=C(NCCc1ccc(OC)cc1)NCc1cccc(CS(=O)(=O)NC)c1. The van der Waals surface area contributed by atoms with Gasteiger partial charge in [-0.3, -0.25) is 4.99 Å². The molecule has 2 rings (SSSR count). The molecule has 0 bridgehead atoms. The van der Waals surface area contributed by atoms with Crippen molar-refractivity contribution in [1.29, 1.82) is 0 Å². The van der Waals surface area contributed by atoms with Crippen molar-refractivity contribution in [3.05, 3.63) is 65.2 Å². The van der Waals surface area contributed by atoms with Gasteiger partial charge >= 0.3 is 0 Å². The maximum atomic E-state index is 11.7. The number of hydrogen-bond acceptors (Lipinski definition) is 4. The molecule has 3 N–H and O–H groups in total. The Morgan fingerprint density at radius 3 is 2.39 bits per heavy atom. The van der Waals surface area contributed by atoms with E-state index < -0.39 is 10.0 Å². The molecule has 0 radical (unpaired) electrons. The van der Waals surface area contributed by atoms with Crippen LogP contribution in [0.4, 0.5) is 0 Å². The molecule has 0 fully saturated rings. The first-order valence-corrected chi connectivity index (χ1v) is 10.7. The Labute approximate surface area is 167 Å². The van der Waals surface area contributed by atoms with Crippen LogP contribution in [0.25, 0.3) is 0 Å². The summed E-state index contributed by atoms with van der Waals surface area (Å²) in [5, 5.41) is 6.53. The van der Waals surface area contributed by atoms with Gasteiger partial charge < -0.3 is 15.4 Å². The molecule has 152 valence electrons. The summed E-state index contributed by atoms with van der Waals surface area (Å²) in [6, 6.07) is 15.5. The Kier molecular flexibility index (Phi) is 8.28. The quantitative estimate of drug-likeness (QED) is 0.437. The summed E-state index contributed by atoms with van der Waals surface area (Å²) >= 11 is 0. The lowest BCUT2D eigenvalue weighted by atomic mass is 10.1. The molecule has 0 aliphatic carbocycles. The van der Waals surface area contributed by atoms with E-state index in [-0.39, 0.29) is 5.75 Å². The van der Waals surface area contributed by atoms with Gasteiger partial charge in [0.1, 0.15) is 5.75 Å². The lowest BCUT2D eigenvalue weighted by Gasteiger charge is -2.13. The summed E-state index contributed by atoms with van der Waals surface area (Å²) in [6.45, 7) is 1.29. The molecule has 0 aliphatic heterocycles. The molecule has 0 saturated carbocycles. The second kappa shape index (κ2) is 10.7. The van der Waals surface area contributed by atoms with E-state index in [4.69, 9.17) is 4.74 Å². The normalized spacial score (nSPS) is 11.9.